The highest BCUT2D eigenvalue weighted by Gasteiger charge is 2.46. The molecule has 13 heavy (non-hydrogen) atoms. The van der Waals surface area contributed by atoms with Crippen molar-refractivity contribution in [3.05, 3.63) is 0 Å². The van der Waals surface area contributed by atoms with E-state index in [9.17, 15) is 9.90 Å². The number of ether oxygens (including phenoxy) is 1. The van der Waals surface area contributed by atoms with E-state index in [1.54, 1.807) is 6.92 Å². The minimum absolute atomic E-state index is 0.304. The molecule has 0 aliphatic carbocycles. The summed E-state index contributed by atoms with van der Waals surface area (Å²) in [5.74, 6) is -0.440. The van der Waals surface area contributed by atoms with Crippen molar-refractivity contribution < 1.29 is 14.6 Å². The van der Waals surface area contributed by atoms with Crippen molar-refractivity contribution in [3.8, 4) is 0 Å². The SMILES string of the molecule is CCOC(=O)C1SC(=S)NC1(C)O. The van der Waals surface area contributed by atoms with Gasteiger partial charge < -0.3 is 15.2 Å². The summed E-state index contributed by atoms with van der Waals surface area (Å²) in [6.45, 7) is 3.53. The summed E-state index contributed by atoms with van der Waals surface area (Å²) in [6, 6.07) is 0. The van der Waals surface area contributed by atoms with E-state index in [4.69, 9.17) is 17.0 Å². The fourth-order valence-corrected chi connectivity index (χ4v) is 2.45. The highest BCUT2D eigenvalue weighted by atomic mass is 32.2. The smallest absolute Gasteiger partial charge is 0.324 e. The van der Waals surface area contributed by atoms with Crippen LogP contribution in [0.4, 0.5) is 0 Å². The molecule has 2 unspecified atom stereocenters. The number of hydrogen-bond donors (Lipinski definition) is 2. The molecule has 0 spiro atoms. The molecule has 4 nitrogen and oxygen atoms in total. The van der Waals surface area contributed by atoms with Gasteiger partial charge in [-0.3, -0.25) is 4.79 Å². The van der Waals surface area contributed by atoms with Crippen LogP contribution in [0, 0.1) is 0 Å². The van der Waals surface area contributed by atoms with Crippen LogP contribution in [-0.4, -0.2) is 33.0 Å². The predicted molar refractivity (Wildman–Crippen MR) is 54.4 cm³/mol. The Kier molecular flexibility index (Phi) is 3.15. The van der Waals surface area contributed by atoms with Gasteiger partial charge in [0.1, 0.15) is 4.32 Å². The zero-order chi connectivity index (χ0) is 10.1. The van der Waals surface area contributed by atoms with E-state index in [0.717, 1.165) is 11.8 Å². The number of esters is 1. The Labute approximate surface area is 86.0 Å². The molecule has 1 saturated heterocycles. The van der Waals surface area contributed by atoms with Crippen molar-refractivity contribution in [2.24, 2.45) is 0 Å². The molecule has 74 valence electrons. The molecule has 1 aliphatic heterocycles. The van der Waals surface area contributed by atoms with E-state index in [1.807, 2.05) is 0 Å². The van der Waals surface area contributed by atoms with Crippen molar-refractivity contribution in [2.75, 3.05) is 6.61 Å². The minimum atomic E-state index is -1.30. The summed E-state index contributed by atoms with van der Waals surface area (Å²) in [7, 11) is 0. The van der Waals surface area contributed by atoms with Crippen LogP contribution in [-0.2, 0) is 9.53 Å². The highest BCUT2D eigenvalue weighted by molar-refractivity contribution is 8.24. The van der Waals surface area contributed by atoms with Gasteiger partial charge >= 0.3 is 5.97 Å². The number of rotatable bonds is 2. The Morgan fingerprint density at radius 1 is 1.92 bits per heavy atom. The van der Waals surface area contributed by atoms with Crippen molar-refractivity contribution in [3.63, 3.8) is 0 Å². The van der Waals surface area contributed by atoms with Gasteiger partial charge in [0.15, 0.2) is 11.0 Å². The quantitative estimate of drug-likeness (QED) is 0.515. The maximum absolute atomic E-state index is 11.3. The molecule has 1 fully saturated rings. The lowest BCUT2D eigenvalue weighted by molar-refractivity contribution is -0.147. The monoisotopic (exact) mass is 221 g/mol. The second kappa shape index (κ2) is 3.81. The van der Waals surface area contributed by atoms with Crippen LogP contribution in [0.15, 0.2) is 0 Å². The lowest BCUT2D eigenvalue weighted by Gasteiger charge is -2.21. The van der Waals surface area contributed by atoms with Crippen molar-refractivity contribution in [2.45, 2.75) is 24.8 Å². The molecule has 0 saturated carbocycles. The Hall–Kier alpha value is -0.330. The fraction of sp³-hybridized carbons (Fsp3) is 0.714. The Morgan fingerprint density at radius 2 is 2.54 bits per heavy atom. The van der Waals surface area contributed by atoms with Crippen LogP contribution in [0.1, 0.15) is 13.8 Å². The maximum Gasteiger partial charge on any atom is 0.324 e. The van der Waals surface area contributed by atoms with Gasteiger partial charge in [0.05, 0.1) is 6.61 Å². The lowest BCUT2D eigenvalue weighted by atomic mass is 10.2. The molecule has 0 aromatic rings. The molecular formula is C7H11NO3S2. The van der Waals surface area contributed by atoms with Crippen molar-refractivity contribution in [1.29, 1.82) is 0 Å². The molecule has 2 N–H and O–H groups in total. The molecule has 0 aromatic carbocycles. The van der Waals surface area contributed by atoms with E-state index >= 15 is 0 Å². The summed E-state index contributed by atoms with van der Waals surface area (Å²) >= 11 is 5.95. The van der Waals surface area contributed by atoms with Crippen molar-refractivity contribution in [1.82, 2.24) is 5.32 Å². The number of carbonyl (C=O) groups is 1. The maximum atomic E-state index is 11.3. The van der Waals surface area contributed by atoms with Crippen LogP contribution in [0.3, 0.4) is 0 Å². The van der Waals surface area contributed by atoms with Crippen LogP contribution in [0.25, 0.3) is 0 Å². The number of aliphatic hydroxyl groups is 1. The number of carbonyl (C=O) groups excluding carboxylic acids is 1. The van der Waals surface area contributed by atoms with Crippen molar-refractivity contribution >= 4 is 34.3 Å². The second-order valence-corrected chi connectivity index (χ2v) is 4.59. The zero-order valence-electron chi connectivity index (χ0n) is 7.36. The summed E-state index contributed by atoms with van der Waals surface area (Å²) < 4.78 is 5.21. The normalized spacial score (nSPS) is 32.8. The van der Waals surface area contributed by atoms with Gasteiger partial charge in [-0.05, 0) is 13.8 Å². The number of thioether (sulfide) groups is 1. The van der Waals surface area contributed by atoms with E-state index < -0.39 is 16.9 Å². The first-order chi connectivity index (χ1) is 5.97. The third kappa shape index (κ3) is 2.32. The Bertz CT molecular complexity index is 242. The summed E-state index contributed by atoms with van der Waals surface area (Å²) in [5, 5.41) is 11.7. The van der Waals surface area contributed by atoms with Gasteiger partial charge in [0.25, 0.3) is 0 Å². The molecule has 0 aromatic heterocycles. The van der Waals surface area contributed by atoms with Gasteiger partial charge in [0.2, 0.25) is 0 Å². The molecule has 1 aliphatic rings. The molecule has 1 heterocycles. The molecule has 2 atom stereocenters. The Morgan fingerprint density at radius 3 is 2.92 bits per heavy atom. The number of nitrogens with one attached hydrogen (secondary N) is 1. The molecular weight excluding hydrogens is 210 g/mol. The van der Waals surface area contributed by atoms with Gasteiger partial charge in [-0.25, -0.2) is 0 Å². The van der Waals surface area contributed by atoms with Crippen LogP contribution in [0.2, 0.25) is 0 Å². The first-order valence-corrected chi connectivity index (χ1v) is 5.14. The third-order valence-corrected chi connectivity index (χ3v) is 3.19. The van der Waals surface area contributed by atoms with Crippen LogP contribution in [0.5, 0.6) is 0 Å². The molecule has 0 bridgehead atoms. The first kappa shape index (κ1) is 10.7. The van der Waals surface area contributed by atoms with Gasteiger partial charge in [-0.1, -0.05) is 24.0 Å². The molecule has 1 rings (SSSR count). The van der Waals surface area contributed by atoms with Gasteiger partial charge in [-0.15, -0.1) is 0 Å². The first-order valence-electron chi connectivity index (χ1n) is 3.85. The standard InChI is InChI=1S/C7H11NO3S2/c1-3-11-5(9)4-7(2,10)8-6(12)13-4/h4,10H,3H2,1-2H3,(H,8,12). The van der Waals surface area contributed by atoms with E-state index in [0.29, 0.717) is 10.9 Å². The summed E-state index contributed by atoms with van der Waals surface area (Å²) in [5.41, 5.74) is -1.30. The molecule has 6 heteroatoms. The van der Waals surface area contributed by atoms with Gasteiger partial charge in [0, 0.05) is 0 Å². The molecule has 0 radical (unpaired) electrons. The zero-order valence-corrected chi connectivity index (χ0v) is 9.00. The largest absolute Gasteiger partial charge is 0.465 e. The van der Waals surface area contributed by atoms with Crippen LogP contribution >= 0.6 is 24.0 Å². The van der Waals surface area contributed by atoms with Gasteiger partial charge in [-0.2, -0.15) is 0 Å². The lowest BCUT2D eigenvalue weighted by Crippen LogP contribution is -2.48. The summed E-state index contributed by atoms with van der Waals surface area (Å²) in [4.78, 5) is 11.3. The van der Waals surface area contributed by atoms with E-state index in [-0.39, 0.29) is 0 Å². The fourth-order valence-electron chi connectivity index (χ4n) is 1.02. The average molecular weight is 221 g/mol. The highest BCUT2D eigenvalue weighted by Crippen LogP contribution is 2.30. The van der Waals surface area contributed by atoms with E-state index in [1.165, 1.54) is 6.92 Å². The topological polar surface area (TPSA) is 58.6 Å². The second-order valence-electron chi connectivity index (χ2n) is 2.81. The third-order valence-electron chi connectivity index (χ3n) is 1.59. The van der Waals surface area contributed by atoms with E-state index in [2.05, 4.69) is 5.32 Å². The number of hydrogen-bond acceptors (Lipinski definition) is 5. The van der Waals surface area contributed by atoms with Crippen LogP contribution < -0.4 is 5.32 Å². The predicted octanol–water partition coefficient (Wildman–Crippen LogP) is 0.248. The Balaban J connectivity index is 2.69. The number of thiocarbonyl (C=S) groups is 1. The molecule has 0 amide bonds. The average Bonchev–Trinajstić information content (AvgIpc) is 2.24. The minimum Gasteiger partial charge on any atom is -0.465 e. The summed E-state index contributed by atoms with van der Waals surface area (Å²) in [6.07, 6.45) is 0.